The van der Waals surface area contributed by atoms with E-state index in [0.29, 0.717) is 34.5 Å². The lowest BCUT2D eigenvalue weighted by Gasteiger charge is -2.40. The van der Waals surface area contributed by atoms with Gasteiger partial charge in [0, 0.05) is 5.69 Å². The van der Waals surface area contributed by atoms with E-state index in [4.69, 9.17) is 32.7 Å². The number of ether oxygens (including phenoxy) is 2. The zero-order valence-electron chi connectivity index (χ0n) is 18.7. The summed E-state index contributed by atoms with van der Waals surface area (Å²) in [5, 5.41) is 1.52. The molecule has 0 aliphatic carbocycles. The number of amides is 1. The van der Waals surface area contributed by atoms with E-state index in [9.17, 15) is 4.79 Å². The van der Waals surface area contributed by atoms with Crippen LogP contribution in [0.3, 0.4) is 0 Å². The molecule has 0 saturated carbocycles. The number of fused-ring (bicyclic) bond motifs is 1. The minimum Gasteiger partial charge on any atom is -0.444 e. The van der Waals surface area contributed by atoms with Crippen LogP contribution in [0.5, 0.6) is 0 Å². The number of aryl methyl sites for hydroxylation is 1. The summed E-state index contributed by atoms with van der Waals surface area (Å²) in [4.78, 5) is 23.1. The predicted octanol–water partition coefficient (Wildman–Crippen LogP) is 5.73. The first-order valence-corrected chi connectivity index (χ1v) is 11.2. The van der Waals surface area contributed by atoms with Gasteiger partial charge >= 0.3 is 6.09 Å². The number of benzene rings is 1. The molecular weight excluding hydrogens is 451 g/mol. The molecule has 1 saturated heterocycles. The van der Waals surface area contributed by atoms with Crippen LogP contribution in [0, 0.1) is 6.92 Å². The van der Waals surface area contributed by atoms with Crippen LogP contribution in [0.1, 0.15) is 44.9 Å². The molecule has 0 N–H and O–H groups in total. The average Bonchev–Trinajstić information content (AvgIpc) is 3.04. The van der Waals surface area contributed by atoms with Crippen molar-refractivity contribution in [3.8, 4) is 5.69 Å². The molecule has 1 amide bonds. The highest BCUT2D eigenvalue weighted by Crippen LogP contribution is 2.34. The largest absolute Gasteiger partial charge is 0.444 e. The minimum atomic E-state index is -0.572. The van der Waals surface area contributed by atoms with E-state index in [-0.39, 0.29) is 18.2 Å². The van der Waals surface area contributed by atoms with E-state index >= 15 is 0 Å². The monoisotopic (exact) mass is 476 g/mol. The van der Waals surface area contributed by atoms with Gasteiger partial charge in [-0.2, -0.15) is 0 Å². The first-order valence-electron chi connectivity index (χ1n) is 10.4. The van der Waals surface area contributed by atoms with E-state index in [0.717, 1.165) is 16.8 Å². The maximum Gasteiger partial charge on any atom is 0.410 e. The second-order valence-corrected chi connectivity index (χ2v) is 9.78. The molecule has 0 bridgehead atoms. The molecule has 3 aromatic rings. The topological polar surface area (TPSA) is 69.5 Å². The Labute approximate surface area is 197 Å². The number of halogens is 2. The molecule has 32 heavy (non-hydrogen) atoms. The van der Waals surface area contributed by atoms with Crippen molar-refractivity contribution >= 4 is 40.3 Å². The Kier molecular flexibility index (Phi) is 6.09. The molecule has 7 nitrogen and oxygen atoms in total. The van der Waals surface area contributed by atoms with Crippen molar-refractivity contribution in [1.29, 1.82) is 0 Å². The van der Waals surface area contributed by atoms with Gasteiger partial charge in [0.05, 0.1) is 30.7 Å². The van der Waals surface area contributed by atoms with Crippen molar-refractivity contribution in [3.63, 3.8) is 0 Å². The number of rotatable bonds is 2. The summed E-state index contributed by atoms with van der Waals surface area (Å²) in [6.45, 7) is 10.4. The molecule has 1 aromatic carbocycles. The molecule has 2 aromatic heterocycles. The SMILES string of the molecule is Cc1cc(-n2c(Cl)cc3c(Cl)ncnc32)ccc1[C@@H]1CO[C@@H](C)CN1C(=O)OC(C)(C)C. The Morgan fingerprint density at radius 1 is 1.22 bits per heavy atom. The summed E-state index contributed by atoms with van der Waals surface area (Å²) >= 11 is 12.7. The third kappa shape index (κ3) is 4.42. The van der Waals surface area contributed by atoms with Crippen molar-refractivity contribution in [2.75, 3.05) is 13.2 Å². The highest BCUT2D eigenvalue weighted by Gasteiger charge is 2.35. The normalized spacial score (nSPS) is 19.4. The summed E-state index contributed by atoms with van der Waals surface area (Å²) in [5.41, 5.74) is 2.89. The van der Waals surface area contributed by atoms with Crippen molar-refractivity contribution in [3.05, 3.63) is 52.0 Å². The first kappa shape index (κ1) is 22.8. The van der Waals surface area contributed by atoms with Gasteiger partial charge in [-0.05, 0) is 63.9 Å². The van der Waals surface area contributed by atoms with Gasteiger partial charge in [-0.1, -0.05) is 29.3 Å². The van der Waals surface area contributed by atoms with Gasteiger partial charge in [-0.15, -0.1) is 0 Å². The van der Waals surface area contributed by atoms with Crippen LogP contribution in [0.4, 0.5) is 4.79 Å². The van der Waals surface area contributed by atoms with Crippen LogP contribution < -0.4 is 0 Å². The molecule has 4 rings (SSSR count). The molecule has 3 heterocycles. The van der Waals surface area contributed by atoms with Gasteiger partial charge in [-0.25, -0.2) is 14.8 Å². The van der Waals surface area contributed by atoms with Crippen LogP contribution in [0.2, 0.25) is 10.3 Å². The van der Waals surface area contributed by atoms with Gasteiger partial charge in [0.2, 0.25) is 0 Å². The number of carbonyl (C=O) groups is 1. The fourth-order valence-corrected chi connectivity index (χ4v) is 4.42. The third-order valence-electron chi connectivity index (χ3n) is 5.37. The van der Waals surface area contributed by atoms with Crippen molar-refractivity contribution in [2.24, 2.45) is 0 Å². The molecule has 1 aliphatic rings. The fraction of sp³-hybridized carbons (Fsp3) is 0.435. The van der Waals surface area contributed by atoms with Crippen molar-refractivity contribution in [2.45, 2.75) is 52.4 Å². The lowest BCUT2D eigenvalue weighted by atomic mass is 9.98. The second-order valence-electron chi connectivity index (χ2n) is 9.04. The summed E-state index contributed by atoms with van der Waals surface area (Å²) in [7, 11) is 0. The lowest BCUT2D eigenvalue weighted by Crippen LogP contribution is -2.48. The number of carbonyl (C=O) groups excluding carboxylic acids is 1. The van der Waals surface area contributed by atoms with Gasteiger partial charge in [0.25, 0.3) is 0 Å². The van der Waals surface area contributed by atoms with Crippen LogP contribution in [0.25, 0.3) is 16.7 Å². The highest BCUT2D eigenvalue weighted by atomic mass is 35.5. The third-order valence-corrected chi connectivity index (χ3v) is 5.95. The average molecular weight is 477 g/mol. The Morgan fingerprint density at radius 2 is 1.97 bits per heavy atom. The zero-order chi connectivity index (χ0) is 23.2. The summed E-state index contributed by atoms with van der Waals surface area (Å²) < 4.78 is 13.4. The molecule has 0 unspecified atom stereocenters. The van der Waals surface area contributed by atoms with Crippen LogP contribution in [0.15, 0.2) is 30.6 Å². The number of aromatic nitrogens is 3. The van der Waals surface area contributed by atoms with E-state index in [1.54, 1.807) is 11.0 Å². The van der Waals surface area contributed by atoms with Crippen molar-refractivity contribution < 1.29 is 14.3 Å². The second kappa shape index (κ2) is 8.54. The highest BCUT2D eigenvalue weighted by molar-refractivity contribution is 6.36. The Hall–Kier alpha value is -2.35. The van der Waals surface area contributed by atoms with Gasteiger partial charge in [-0.3, -0.25) is 9.47 Å². The van der Waals surface area contributed by atoms with E-state index in [1.807, 2.05) is 57.4 Å². The van der Waals surface area contributed by atoms with E-state index in [2.05, 4.69) is 9.97 Å². The Balaban J connectivity index is 1.71. The summed E-state index contributed by atoms with van der Waals surface area (Å²) in [6.07, 6.45) is 1.01. The standard InChI is InChI=1S/C23H26Cl2N4O3/c1-13-8-15(29-19(24)9-17-20(25)26-12-27-21(17)29)6-7-16(13)18-11-31-14(2)10-28(18)22(30)32-23(3,4)5/h6-9,12,14,18H,10-11H2,1-5H3/t14-,18-/m0/s1. The van der Waals surface area contributed by atoms with Crippen molar-refractivity contribution in [1.82, 2.24) is 19.4 Å². The predicted molar refractivity (Wildman–Crippen MR) is 125 cm³/mol. The Morgan fingerprint density at radius 3 is 2.66 bits per heavy atom. The molecule has 2 atom stereocenters. The summed E-state index contributed by atoms with van der Waals surface area (Å²) in [6, 6.07) is 7.47. The van der Waals surface area contributed by atoms with E-state index < -0.39 is 5.60 Å². The lowest BCUT2D eigenvalue weighted by molar-refractivity contribution is -0.0645. The fourth-order valence-electron chi connectivity index (χ4n) is 3.95. The maximum absolute atomic E-state index is 12.9. The number of hydrogen-bond donors (Lipinski definition) is 0. The van der Waals surface area contributed by atoms with Crippen LogP contribution in [-0.2, 0) is 9.47 Å². The molecule has 1 fully saturated rings. The van der Waals surface area contributed by atoms with E-state index in [1.165, 1.54) is 6.33 Å². The summed E-state index contributed by atoms with van der Waals surface area (Å²) in [5.74, 6) is 0. The first-order chi connectivity index (χ1) is 15.0. The molecule has 1 aliphatic heterocycles. The molecular formula is C23H26Cl2N4O3. The van der Waals surface area contributed by atoms with Crippen LogP contribution in [-0.4, -0.2) is 50.4 Å². The Bertz CT molecular complexity index is 1170. The quantitative estimate of drug-likeness (QED) is 0.441. The number of morpholine rings is 1. The smallest absolute Gasteiger partial charge is 0.410 e. The molecule has 0 spiro atoms. The van der Waals surface area contributed by atoms with Gasteiger partial charge in [0.15, 0.2) is 5.65 Å². The minimum absolute atomic E-state index is 0.0622. The van der Waals surface area contributed by atoms with Crippen LogP contribution >= 0.6 is 23.2 Å². The van der Waals surface area contributed by atoms with Gasteiger partial charge < -0.3 is 9.47 Å². The number of nitrogens with zero attached hydrogens (tertiary/aromatic N) is 4. The maximum atomic E-state index is 12.9. The number of hydrogen-bond acceptors (Lipinski definition) is 5. The molecule has 9 heteroatoms. The zero-order valence-corrected chi connectivity index (χ0v) is 20.2. The molecule has 0 radical (unpaired) electrons. The molecule has 170 valence electrons. The van der Waals surface area contributed by atoms with Gasteiger partial charge in [0.1, 0.15) is 22.2 Å².